The highest BCUT2D eigenvalue weighted by atomic mass is 16.5. The number of methoxy groups -OCH3 is 1. The van der Waals surface area contributed by atoms with E-state index in [1.54, 1.807) is 19.2 Å². The Morgan fingerprint density at radius 1 is 0.970 bits per heavy atom. The molecule has 2 heterocycles. The van der Waals surface area contributed by atoms with E-state index in [0.29, 0.717) is 61.2 Å². The maximum Gasteiger partial charge on any atom is 0.301 e. The molecule has 168 valence electrons. The first-order valence-electron chi connectivity index (χ1n) is 10.8. The molecule has 4 aromatic rings. The number of hydrogen-bond acceptors (Lipinski definition) is 7. The molecule has 0 spiro atoms. The number of rotatable bonds is 6. The molecule has 0 N–H and O–H groups in total. The SMILES string of the molecule is COc1ccc(-c2c(OCc3ccccc3)ccc3c(=O)nc(N4CCOCC4)oc23)cc1. The monoisotopic (exact) mass is 444 g/mol. The van der Waals surface area contributed by atoms with Crippen molar-refractivity contribution in [3.8, 4) is 22.6 Å². The van der Waals surface area contributed by atoms with E-state index in [4.69, 9.17) is 18.6 Å². The number of anilines is 1. The molecular formula is C26H24N2O5. The zero-order valence-corrected chi connectivity index (χ0v) is 18.3. The van der Waals surface area contributed by atoms with E-state index in [-0.39, 0.29) is 5.56 Å². The van der Waals surface area contributed by atoms with Crippen molar-refractivity contribution < 1.29 is 18.6 Å². The summed E-state index contributed by atoms with van der Waals surface area (Å²) >= 11 is 0. The van der Waals surface area contributed by atoms with Crippen LogP contribution in [0.1, 0.15) is 5.56 Å². The van der Waals surface area contributed by atoms with Crippen molar-refractivity contribution in [1.82, 2.24) is 4.98 Å². The molecule has 5 rings (SSSR count). The molecule has 3 aromatic carbocycles. The second-order valence-electron chi connectivity index (χ2n) is 7.72. The van der Waals surface area contributed by atoms with Gasteiger partial charge in [0.15, 0.2) is 5.58 Å². The average molecular weight is 444 g/mol. The van der Waals surface area contributed by atoms with Crippen LogP contribution in [-0.4, -0.2) is 38.4 Å². The van der Waals surface area contributed by atoms with E-state index in [1.165, 1.54) is 0 Å². The number of benzene rings is 3. The first-order chi connectivity index (χ1) is 16.2. The summed E-state index contributed by atoms with van der Waals surface area (Å²) in [6, 6.07) is 21.4. The van der Waals surface area contributed by atoms with Gasteiger partial charge in [0.05, 0.1) is 31.3 Å². The van der Waals surface area contributed by atoms with Crippen molar-refractivity contribution in [3.63, 3.8) is 0 Å². The Bertz CT molecular complexity index is 1300. The highest BCUT2D eigenvalue weighted by Gasteiger charge is 2.21. The van der Waals surface area contributed by atoms with E-state index in [0.717, 1.165) is 16.9 Å². The Morgan fingerprint density at radius 3 is 2.45 bits per heavy atom. The number of hydrogen-bond donors (Lipinski definition) is 0. The second kappa shape index (κ2) is 9.34. The maximum absolute atomic E-state index is 12.9. The predicted octanol–water partition coefficient (Wildman–Crippen LogP) is 4.28. The first kappa shape index (κ1) is 21.0. The minimum Gasteiger partial charge on any atom is -0.497 e. The molecule has 0 atom stereocenters. The van der Waals surface area contributed by atoms with Gasteiger partial charge in [-0.1, -0.05) is 42.5 Å². The Hall–Kier alpha value is -3.84. The van der Waals surface area contributed by atoms with Gasteiger partial charge in [-0.05, 0) is 35.4 Å². The topological polar surface area (TPSA) is 74.0 Å². The lowest BCUT2D eigenvalue weighted by molar-refractivity contribution is 0.120. The zero-order chi connectivity index (χ0) is 22.6. The molecule has 0 aliphatic carbocycles. The molecule has 1 aliphatic rings. The summed E-state index contributed by atoms with van der Waals surface area (Å²) in [7, 11) is 1.63. The number of nitrogens with zero attached hydrogens (tertiary/aromatic N) is 2. The number of fused-ring (bicyclic) bond motifs is 1. The number of morpholine rings is 1. The molecule has 33 heavy (non-hydrogen) atoms. The lowest BCUT2D eigenvalue weighted by Gasteiger charge is -2.26. The molecule has 0 saturated carbocycles. The first-order valence-corrected chi connectivity index (χ1v) is 10.8. The van der Waals surface area contributed by atoms with Crippen LogP contribution in [0.2, 0.25) is 0 Å². The quantitative estimate of drug-likeness (QED) is 0.439. The van der Waals surface area contributed by atoms with E-state index >= 15 is 0 Å². The van der Waals surface area contributed by atoms with Crippen molar-refractivity contribution in [2.45, 2.75) is 6.61 Å². The largest absolute Gasteiger partial charge is 0.497 e. The maximum atomic E-state index is 12.9. The Balaban J connectivity index is 1.65. The molecule has 7 heteroatoms. The molecule has 1 fully saturated rings. The molecule has 1 aromatic heterocycles. The summed E-state index contributed by atoms with van der Waals surface area (Å²) in [5.74, 6) is 1.36. The van der Waals surface area contributed by atoms with Gasteiger partial charge in [-0.25, -0.2) is 0 Å². The van der Waals surface area contributed by atoms with Crippen molar-refractivity contribution in [2.75, 3.05) is 38.3 Å². The van der Waals surface area contributed by atoms with Crippen molar-refractivity contribution in [2.24, 2.45) is 0 Å². The van der Waals surface area contributed by atoms with Crippen LogP contribution in [-0.2, 0) is 11.3 Å². The van der Waals surface area contributed by atoms with Crippen LogP contribution in [0.5, 0.6) is 11.5 Å². The third kappa shape index (κ3) is 4.40. The fraction of sp³-hybridized carbons (Fsp3) is 0.231. The summed E-state index contributed by atoms with van der Waals surface area (Å²) in [5.41, 5.74) is 2.73. The molecular weight excluding hydrogens is 420 g/mol. The Kier molecular flexibility index (Phi) is 5.95. The third-order valence-electron chi connectivity index (χ3n) is 5.64. The van der Waals surface area contributed by atoms with Gasteiger partial charge in [0.2, 0.25) is 0 Å². The van der Waals surface area contributed by atoms with Crippen LogP contribution in [0.25, 0.3) is 22.1 Å². The zero-order valence-electron chi connectivity index (χ0n) is 18.3. The smallest absolute Gasteiger partial charge is 0.301 e. The second-order valence-corrected chi connectivity index (χ2v) is 7.72. The molecule has 1 saturated heterocycles. The standard InChI is InChI=1S/C26H24N2O5/c1-30-20-9-7-19(8-10-20)23-22(32-17-18-5-3-2-4-6-18)12-11-21-24(23)33-26(27-25(21)29)28-13-15-31-16-14-28/h2-12H,13-17H2,1H3. The van der Waals surface area contributed by atoms with Gasteiger partial charge in [-0.2, -0.15) is 4.98 Å². The highest BCUT2D eigenvalue weighted by Crippen LogP contribution is 2.38. The van der Waals surface area contributed by atoms with Crippen LogP contribution in [0.4, 0.5) is 6.01 Å². The fourth-order valence-corrected chi connectivity index (χ4v) is 3.88. The van der Waals surface area contributed by atoms with Crippen LogP contribution >= 0.6 is 0 Å². The normalized spacial score (nSPS) is 13.8. The van der Waals surface area contributed by atoms with Crippen LogP contribution < -0.4 is 19.9 Å². The van der Waals surface area contributed by atoms with Crippen molar-refractivity contribution in [3.05, 3.63) is 82.6 Å². The van der Waals surface area contributed by atoms with Gasteiger partial charge in [-0.15, -0.1) is 0 Å². The third-order valence-corrected chi connectivity index (χ3v) is 5.64. The summed E-state index contributed by atoms with van der Waals surface area (Å²) in [4.78, 5) is 19.1. The summed E-state index contributed by atoms with van der Waals surface area (Å²) in [6.07, 6.45) is 0. The van der Waals surface area contributed by atoms with Gasteiger partial charge in [0, 0.05) is 13.1 Å². The van der Waals surface area contributed by atoms with Crippen LogP contribution in [0.3, 0.4) is 0 Å². The van der Waals surface area contributed by atoms with Crippen molar-refractivity contribution in [1.29, 1.82) is 0 Å². The molecule has 1 aliphatic heterocycles. The minimum absolute atomic E-state index is 0.297. The van der Waals surface area contributed by atoms with Crippen LogP contribution in [0, 0.1) is 0 Å². The lowest BCUT2D eigenvalue weighted by Crippen LogP contribution is -2.37. The van der Waals surface area contributed by atoms with E-state index < -0.39 is 0 Å². The molecule has 7 nitrogen and oxygen atoms in total. The van der Waals surface area contributed by atoms with E-state index in [2.05, 4.69) is 4.98 Å². The number of aromatic nitrogens is 1. The van der Waals surface area contributed by atoms with Gasteiger partial charge in [-0.3, -0.25) is 4.79 Å². The summed E-state index contributed by atoms with van der Waals surface area (Å²) in [5, 5.41) is 0.407. The van der Waals surface area contributed by atoms with Crippen molar-refractivity contribution >= 4 is 17.0 Å². The molecule has 0 amide bonds. The summed E-state index contributed by atoms with van der Waals surface area (Å²) in [6.45, 7) is 2.75. The van der Waals surface area contributed by atoms with Gasteiger partial charge < -0.3 is 23.5 Å². The summed E-state index contributed by atoms with van der Waals surface area (Å²) < 4.78 is 23.2. The number of ether oxygens (including phenoxy) is 3. The Morgan fingerprint density at radius 2 is 1.73 bits per heavy atom. The van der Waals surface area contributed by atoms with Gasteiger partial charge in [0.25, 0.3) is 5.56 Å². The Labute approximate surface area is 191 Å². The van der Waals surface area contributed by atoms with Crippen LogP contribution in [0.15, 0.2) is 75.9 Å². The van der Waals surface area contributed by atoms with Gasteiger partial charge >= 0.3 is 6.01 Å². The van der Waals surface area contributed by atoms with E-state index in [1.807, 2.05) is 59.5 Å². The molecule has 0 unspecified atom stereocenters. The average Bonchev–Trinajstić information content (AvgIpc) is 2.88. The lowest BCUT2D eigenvalue weighted by atomic mass is 10.0. The predicted molar refractivity (Wildman–Crippen MR) is 126 cm³/mol. The minimum atomic E-state index is -0.331. The van der Waals surface area contributed by atoms with Gasteiger partial charge in [0.1, 0.15) is 18.1 Å². The molecule has 0 bridgehead atoms. The molecule has 0 radical (unpaired) electrons. The van der Waals surface area contributed by atoms with E-state index in [9.17, 15) is 4.79 Å². The fourth-order valence-electron chi connectivity index (χ4n) is 3.88. The highest BCUT2D eigenvalue weighted by molar-refractivity contribution is 5.95.